The normalized spacial score (nSPS) is 15.4. The van der Waals surface area contributed by atoms with Crippen LogP contribution in [-0.4, -0.2) is 62.3 Å². The molecule has 1 aromatic carbocycles. The Morgan fingerprint density at radius 2 is 1.81 bits per heavy atom. The van der Waals surface area contributed by atoms with Crippen molar-refractivity contribution in [2.75, 3.05) is 50.0 Å². The summed E-state index contributed by atoms with van der Waals surface area (Å²) in [5.41, 5.74) is 2.47. The van der Waals surface area contributed by atoms with Crippen LogP contribution < -0.4 is 15.5 Å². The number of nitrogens with zero attached hydrogens (tertiary/aromatic N) is 2. The monoisotopic (exact) mass is 376 g/mol. The first-order valence-electron chi connectivity index (χ1n) is 9.45. The number of alkyl carbamates (subject to hydrolysis) is 1. The Hall–Kier alpha value is -2.28. The molecule has 0 aromatic heterocycles. The summed E-state index contributed by atoms with van der Waals surface area (Å²) in [7, 11) is 2.14. The Labute approximate surface area is 162 Å². The van der Waals surface area contributed by atoms with Crippen molar-refractivity contribution in [2.45, 2.75) is 39.7 Å². The molecular weight excluding hydrogens is 344 g/mol. The highest BCUT2D eigenvalue weighted by molar-refractivity contribution is 5.92. The van der Waals surface area contributed by atoms with Crippen LogP contribution in [0.3, 0.4) is 0 Å². The first-order valence-corrected chi connectivity index (χ1v) is 9.45. The lowest BCUT2D eigenvalue weighted by atomic mass is 10.1. The van der Waals surface area contributed by atoms with Gasteiger partial charge in [0.15, 0.2) is 0 Å². The third-order valence-corrected chi connectivity index (χ3v) is 4.37. The Morgan fingerprint density at radius 3 is 2.41 bits per heavy atom. The second-order valence-corrected chi connectivity index (χ2v) is 8.02. The van der Waals surface area contributed by atoms with E-state index in [2.05, 4.69) is 33.5 Å². The number of amides is 2. The maximum atomic E-state index is 12.1. The SMILES string of the molecule is Cc1cc(N2CCN(C)CC2)ccc1NC(=O)CCNC(=O)OC(C)(C)C. The molecule has 0 aliphatic carbocycles. The summed E-state index contributed by atoms with van der Waals surface area (Å²) in [5.74, 6) is -0.137. The van der Waals surface area contributed by atoms with Gasteiger partial charge in [0.2, 0.25) is 5.91 Å². The predicted molar refractivity (Wildman–Crippen MR) is 108 cm³/mol. The van der Waals surface area contributed by atoms with Crippen molar-refractivity contribution < 1.29 is 14.3 Å². The van der Waals surface area contributed by atoms with Crippen LogP contribution in [0.4, 0.5) is 16.2 Å². The summed E-state index contributed by atoms with van der Waals surface area (Å²) in [6.45, 7) is 11.8. The second kappa shape index (κ2) is 9.08. The van der Waals surface area contributed by atoms with Gasteiger partial charge in [-0.25, -0.2) is 4.79 Å². The average Bonchev–Trinajstić information content (AvgIpc) is 2.56. The van der Waals surface area contributed by atoms with Gasteiger partial charge in [-0.1, -0.05) is 0 Å². The fourth-order valence-corrected chi connectivity index (χ4v) is 2.85. The molecule has 150 valence electrons. The quantitative estimate of drug-likeness (QED) is 0.826. The van der Waals surface area contributed by atoms with Gasteiger partial charge in [0, 0.05) is 50.5 Å². The van der Waals surface area contributed by atoms with Crippen molar-refractivity contribution in [3.05, 3.63) is 23.8 Å². The van der Waals surface area contributed by atoms with Crippen molar-refractivity contribution in [2.24, 2.45) is 0 Å². The van der Waals surface area contributed by atoms with Gasteiger partial charge in [-0.05, 0) is 58.5 Å². The van der Waals surface area contributed by atoms with E-state index in [9.17, 15) is 9.59 Å². The van der Waals surface area contributed by atoms with Crippen molar-refractivity contribution in [1.82, 2.24) is 10.2 Å². The number of carbonyl (C=O) groups excluding carboxylic acids is 2. The van der Waals surface area contributed by atoms with Crippen LogP contribution in [0.25, 0.3) is 0 Å². The highest BCUT2D eigenvalue weighted by atomic mass is 16.6. The second-order valence-electron chi connectivity index (χ2n) is 8.02. The van der Waals surface area contributed by atoms with Crippen molar-refractivity contribution in [3.63, 3.8) is 0 Å². The summed E-state index contributed by atoms with van der Waals surface area (Å²) in [4.78, 5) is 28.4. The van der Waals surface area contributed by atoms with Gasteiger partial charge < -0.3 is 25.2 Å². The number of rotatable bonds is 5. The minimum Gasteiger partial charge on any atom is -0.444 e. The van der Waals surface area contributed by atoms with Crippen LogP contribution in [0.2, 0.25) is 0 Å². The molecule has 1 aliphatic rings. The zero-order valence-electron chi connectivity index (χ0n) is 17.1. The van der Waals surface area contributed by atoms with Gasteiger partial charge >= 0.3 is 6.09 Å². The number of nitrogens with one attached hydrogen (secondary N) is 2. The Kier molecular flexibility index (Phi) is 7.07. The number of hydrogen-bond donors (Lipinski definition) is 2. The first-order chi connectivity index (χ1) is 12.6. The average molecular weight is 377 g/mol. The van der Waals surface area contributed by atoms with E-state index >= 15 is 0 Å². The van der Waals surface area contributed by atoms with E-state index in [1.165, 1.54) is 5.69 Å². The molecule has 0 spiro atoms. The topological polar surface area (TPSA) is 73.9 Å². The van der Waals surface area contributed by atoms with Gasteiger partial charge in [0.1, 0.15) is 5.60 Å². The third kappa shape index (κ3) is 7.09. The summed E-state index contributed by atoms with van der Waals surface area (Å²) in [5, 5.41) is 5.51. The van der Waals surface area contributed by atoms with E-state index in [0.29, 0.717) is 0 Å². The predicted octanol–water partition coefficient (Wildman–Crippen LogP) is 2.60. The van der Waals surface area contributed by atoms with Crippen molar-refractivity contribution >= 4 is 23.4 Å². The lowest BCUT2D eigenvalue weighted by molar-refractivity contribution is -0.116. The highest BCUT2D eigenvalue weighted by Crippen LogP contribution is 2.23. The largest absolute Gasteiger partial charge is 0.444 e. The fourth-order valence-electron chi connectivity index (χ4n) is 2.85. The molecule has 7 nitrogen and oxygen atoms in total. The lowest BCUT2D eigenvalue weighted by Crippen LogP contribution is -2.44. The zero-order chi connectivity index (χ0) is 20.0. The van der Waals surface area contributed by atoms with Gasteiger partial charge in [-0.15, -0.1) is 0 Å². The van der Waals surface area contributed by atoms with E-state index in [1.807, 2.05) is 19.1 Å². The molecule has 7 heteroatoms. The molecule has 2 N–H and O–H groups in total. The Bertz CT molecular complexity index is 662. The smallest absolute Gasteiger partial charge is 0.407 e. The molecule has 0 saturated carbocycles. The van der Waals surface area contributed by atoms with E-state index in [0.717, 1.165) is 37.4 Å². The summed E-state index contributed by atoms with van der Waals surface area (Å²) >= 11 is 0. The number of benzene rings is 1. The molecule has 0 unspecified atom stereocenters. The standard InChI is InChI=1S/C20H32N4O3/c1-15-14-16(24-12-10-23(5)11-13-24)6-7-17(15)22-18(25)8-9-21-19(26)27-20(2,3)4/h6-7,14H,8-13H2,1-5H3,(H,21,26)(H,22,25). The minimum absolute atomic E-state index is 0.137. The molecule has 0 bridgehead atoms. The molecule has 2 amide bonds. The number of hydrogen-bond acceptors (Lipinski definition) is 5. The fraction of sp³-hybridized carbons (Fsp3) is 0.600. The summed E-state index contributed by atoms with van der Waals surface area (Å²) in [6.07, 6.45) is -0.318. The number of carbonyl (C=O) groups is 2. The molecule has 1 aromatic rings. The maximum absolute atomic E-state index is 12.1. The van der Waals surface area contributed by atoms with Gasteiger partial charge in [0.05, 0.1) is 0 Å². The van der Waals surface area contributed by atoms with Crippen molar-refractivity contribution in [1.29, 1.82) is 0 Å². The van der Waals surface area contributed by atoms with Crippen LogP contribution in [0.15, 0.2) is 18.2 Å². The zero-order valence-corrected chi connectivity index (χ0v) is 17.1. The maximum Gasteiger partial charge on any atom is 0.407 e. The summed E-state index contributed by atoms with van der Waals surface area (Å²) in [6, 6.07) is 6.11. The van der Waals surface area contributed by atoms with Crippen LogP contribution in [-0.2, 0) is 9.53 Å². The van der Waals surface area contributed by atoms with Gasteiger partial charge in [-0.2, -0.15) is 0 Å². The molecule has 1 saturated heterocycles. The third-order valence-electron chi connectivity index (χ3n) is 4.37. The van der Waals surface area contributed by atoms with Gasteiger partial charge in [0.25, 0.3) is 0 Å². The minimum atomic E-state index is -0.547. The highest BCUT2D eigenvalue weighted by Gasteiger charge is 2.17. The number of ether oxygens (including phenoxy) is 1. The molecule has 1 aliphatic heterocycles. The molecular formula is C20H32N4O3. The van der Waals surface area contributed by atoms with E-state index < -0.39 is 11.7 Å². The summed E-state index contributed by atoms with van der Waals surface area (Å²) < 4.78 is 5.14. The molecule has 2 rings (SSSR count). The van der Waals surface area contributed by atoms with E-state index in [1.54, 1.807) is 20.8 Å². The van der Waals surface area contributed by atoms with E-state index in [-0.39, 0.29) is 18.9 Å². The molecule has 1 heterocycles. The number of piperazine rings is 1. The molecule has 1 fully saturated rings. The molecule has 27 heavy (non-hydrogen) atoms. The lowest BCUT2D eigenvalue weighted by Gasteiger charge is -2.34. The van der Waals surface area contributed by atoms with E-state index in [4.69, 9.17) is 4.74 Å². The van der Waals surface area contributed by atoms with Crippen LogP contribution in [0.5, 0.6) is 0 Å². The first kappa shape index (κ1) is 21.0. The number of aryl methyl sites for hydroxylation is 1. The van der Waals surface area contributed by atoms with Crippen molar-refractivity contribution in [3.8, 4) is 0 Å². The molecule has 0 atom stereocenters. The van der Waals surface area contributed by atoms with Crippen LogP contribution in [0, 0.1) is 6.92 Å². The van der Waals surface area contributed by atoms with Gasteiger partial charge in [-0.3, -0.25) is 4.79 Å². The Balaban J connectivity index is 1.81. The number of anilines is 2. The Morgan fingerprint density at radius 1 is 1.15 bits per heavy atom. The van der Waals surface area contributed by atoms with Crippen LogP contribution >= 0.6 is 0 Å². The number of likely N-dealkylation sites (N-methyl/N-ethyl adjacent to an activating group) is 1. The van der Waals surface area contributed by atoms with Crippen LogP contribution in [0.1, 0.15) is 32.8 Å². The molecule has 0 radical (unpaired) electrons.